The number of methoxy groups -OCH3 is 1. The zero-order valence-electron chi connectivity index (χ0n) is 15.0. The summed E-state index contributed by atoms with van der Waals surface area (Å²) in [5.74, 6) is 0.843. The molecule has 0 bridgehead atoms. The summed E-state index contributed by atoms with van der Waals surface area (Å²) in [6.45, 7) is 5.56. The van der Waals surface area contributed by atoms with Gasteiger partial charge in [0.05, 0.1) is 18.7 Å². The largest absolute Gasteiger partial charge is 0.497 e. The fourth-order valence-electron chi connectivity index (χ4n) is 3.01. The van der Waals surface area contributed by atoms with E-state index in [1.807, 2.05) is 49.4 Å². The minimum atomic E-state index is 0.688. The summed E-state index contributed by atoms with van der Waals surface area (Å²) in [6, 6.07) is 15.8. The van der Waals surface area contributed by atoms with Crippen molar-refractivity contribution in [3.05, 3.63) is 53.6 Å². The van der Waals surface area contributed by atoms with Crippen molar-refractivity contribution in [2.45, 2.75) is 6.92 Å². The highest BCUT2D eigenvalue weighted by Gasteiger charge is 2.19. The summed E-state index contributed by atoms with van der Waals surface area (Å²) >= 11 is 5.59. The van der Waals surface area contributed by atoms with E-state index in [-0.39, 0.29) is 0 Å². The van der Waals surface area contributed by atoms with Gasteiger partial charge in [0.2, 0.25) is 0 Å². The van der Waals surface area contributed by atoms with Crippen LogP contribution in [0.1, 0.15) is 11.1 Å². The third-order valence-corrected chi connectivity index (χ3v) is 4.96. The Labute approximate surface area is 159 Å². The number of hydrogen-bond acceptors (Lipinski definition) is 4. The van der Waals surface area contributed by atoms with Gasteiger partial charge in [-0.1, -0.05) is 0 Å². The van der Waals surface area contributed by atoms with Crippen molar-refractivity contribution in [2.24, 2.45) is 0 Å². The molecule has 0 aliphatic carbocycles. The van der Waals surface area contributed by atoms with Crippen LogP contribution in [-0.4, -0.2) is 43.3 Å². The number of hydrogen-bond donors (Lipinski definition) is 1. The van der Waals surface area contributed by atoms with Gasteiger partial charge in [0, 0.05) is 37.6 Å². The predicted molar refractivity (Wildman–Crippen MR) is 109 cm³/mol. The topological polar surface area (TPSA) is 51.5 Å². The van der Waals surface area contributed by atoms with Crippen molar-refractivity contribution in [3.63, 3.8) is 0 Å². The predicted octanol–water partition coefficient (Wildman–Crippen LogP) is 3.39. The molecule has 0 spiro atoms. The minimum Gasteiger partial charge on any atom is -0.497 e. The number of aryl methyl sites for hydroxylation is 1. The molecule has 1 saturated heterocycles. The first-order valence-electron chi connectivity index (χ1n) is 8.56. The molecule has 0 radical (unpaired) electrons. The molecule has 0 unspecified atom stereocenters. The quantitative estimate of drug-likeness (QED) is 0.841. The number of anilines is 2. The molecule has 0 amide bonds. The highest BCUT2D eigenvalue weighted by Crippen LogP contribution is 2.22. The molecule has 0 aromatic heterocycles. The molecule has 1 fully saturated rings. The number of nitrogens with one attached hydrogen (secondary N) is 1. The second-order valence-corrected chi connectivity index (χ2v) is 6.63. The Kier molecular flexibility index (Phi) is 5.59. The maximum Gasteiger partial charge on any atom is 0.173 e. The van der Waals surface area contributed by atoms with Crippen molar-refractivity contribution < 1.29 is 4.74 Å². The van der Waals surface area contributed by atoms with E-state index in [1.165, 1.54) is 0 Å². The normalized spacial score (nSPS) is 13.9. The van der Waals surface area contributed by atoms with Gasteiger partial charge >= 0.3 is 0 Å². The SMILES string of the molecule is COc1ccc(NC(=S)N2CCN(c3ccc(C#N)cc3)CC2)c(C)c1. The van der Waals surface area contributed by atoms with E-state index in [9.17, 15) is 0 Å². The lowest BCUT2D eigenvalue weighted by atomic mass is 10.2. The number of thiocarbonyl (C=S) groups is 1. The van der Waals surface area contributed by atoms with E-state index in [2.05, 4.69) is 21.2 Å². The van der Waals surface area contributed by atoms with Crippen molar-refractivity contribution in [1.29, 1.82) is 5.26 Å². The lowest BCUT2D eigenvalue weighted by Gasteiger charge is -2.37. The second kappa shape index (κ2) is 8.07. The molecule has 2 aromatic rings. The molecule has 0 saturated carbocycles. The fraction of sp³-hybridized carbons (Fsp3) is 0.300. The summed E-state index contributed by atoms with van der Waals surface area (Å²) in [7, 11) is 1.67. The monoisotopic (exact) mass is 366 g/mol. The average molecular weight is 366 g/mol. The van der Waals surface area contributed by atoms with Gasteiger partial charge in [0.15, 0.2) is 5.11 Å². The number of piperazine rings is 1. The van der Waals surface area contributed by atoms with E-state index in [0.29, 0.717) is 5.56 Å². The second-order valence-electron chi connectivity index (χ2n) is 6.24. The molecule has 1 heterocycles. The fourth-order valence-corrected chi connectivity index (χ4v) is 3.30. The summed E-state index contributed by atoms with van der Waals surface area (Å²) < 4.78 is 5.25. The van der Waals surface area contributed by atoms with Crippen LogP contribution in [0.25, 0.3) is 0 Å². The average Bonchev–Trinajstić information content (AvgIpc) is 2.69. The Bertz CT molecular complexity index is 821. The molecule has 3 rings (SSSR count). The molecule has 26 heavy (non-hydrogen) atoms. The van der Waals surface area contributed by atoms with Crippen molar-refractivity contribution in [3.8, 4) is 11.8 Å². The van der Waals surface area contributed by atoms with Crippen molar-refractivity contribution in [2.75, 3.05) is 43.5 Å². The van der Waals surface area contributed by atoms with Gasteiger partial charge in [-0.05, 0) is 67.2 Å². The third kappa shape index (κ3) is 4.06. The Balaban J connectivity index is 1.57. The van der Waals surface area contributed by atoms with E-state index in [4.69, 9.17) is 22.2 Å². The molecule has 0 atom stereocenters. The Morgan fingerprint density at radius 3 is 2.38 bits per heavy atom. The maximum atomic E-state index is 8.91. The number of benzene rings is 2. The van der Waals surface area contributed by atoms with Crippen molar-refractivity contribution >= 4 is 28.7 Å². The highest BCUT2D eigenvalue weighted by molar-refractivity contribution is 7.80. The van der Waals surface area contributed by atoms with Crippen LogP contribution < -0.4 is 15.0 Å². The van der Waals surface area contributed by atoms with Gasteiger partial charge in [-0.3, -0.25) is 0 Å². The molecule has 1 N–H and O–H groups in total. The van der Waals surface area contributed by atoms with Gasteiger partial charge in [0.25, 0.3) is 0 Å². The van der Waals surface area contributed by atoms with Gasteiger partial charge < -0.3 is 19.9 Å². The van der Waals surface area contributed by atoms with Crippen LogP contribution in [0.5, 0.6) is 5.75 Å². The van der Waals surface area contributed by atoms with Gasteiger partial charge in [-0.15, -0.1) is 0 Å². The molecule has 5 nitrogen and oxygen atoms in total. The molecule has 134 valence electrons. The molecule has 1 aliphatic heterocycles. The van der Waals surface area contributed by atoms with Crippen LogP contribution >= 0.6 is 12.2 Å². The van der Waals surface area contributed by atoms with Crippen LogP contribution in [0, 0.1) is 18.3 Å². The summed E-state index contributed by atoms with van der Waals surface area (Å²) in [5, 5.41) is 13.0. The zero-order valence-corrected chi connectivity index (χ0v) is 15.8. The highest BCUT2D eigenvalue weighted by atomic mass is 32.1. The van der Waals surface area contributed by atoms with Crippen LogP contribution in [-0.2, 0) is 0 Å². The molecular weight excluding hydrogens is 344 g/mol. The Morgan fingerprint density at radius 2 is 1.81 bits per heavy atom. The first-order chi connectivity index (χ1) is 12.6. The van der Waals surface area contributed by atoms with Crippen LogP contribution in [0.3, 0.4) is 0 Å². The lowest BCUT2D eigenvalue weighted by molar-refractivity contribution is 0.391. The van der Waals surface area contributed by atoms with Gasteiger partial charge in [-0.25, -0.2) is 0 Å². The summed E-state index contributed by atoms with van der Waals surface area (Å²) in [6.07, 6.45) is 0. The van der Waals surface area contributed by atoms with E-state index in [1.54, 1.807) is 7.11 Å². The number of nitrogens with zero attached hydrogens (tertiary/aromatic N) is 3. The lowest BCUT2D eigenvalue weighted by Crippen LogP contribution is -2.50. The van der Waals surface area contributed by atoms with Gasteiger partial charge in [0.1, 0.15) is 5.75 Å². The number of nitriles is 1. The van der Waals surface area contributed by atoms with E-state index >= 15 is 0 Å². The van der Waals surface area contributed by atoms with Gasteiger partial charge in [-0.2, -0.15) is 5.26 Å². The molecule has 6 heteroatoms. The summed E-state index contributed by atoms with van der Waals surface area (Å²) in [4.78, 5) is 4.51. The Morgan fingerprint density at radius 1 is 1.12 bits per heavy atom. The molecule has 1 aliphatic rings. The molecule has 2 aromatic carbocycles. The first-order valence-corrected chi connectivity index (χ1v) is 8.97. The van der Waals surface area contributed by atoms with E-state index < -0.39 is 0 Å². The van der Waals surface area contributed by atoms with E-state index in [0.717, 1.165) is 54.0 Å². The van der Waals surface area contributed by atoms with Crippen LogP contribution in [0.4, 0.5) is 11.4 Å². The van der Waals surface area contributed by atoms with Crippen LogP contribution in [0.2, 0.25) is 0 Å². The zero-order chi connectivity index (χ0) is 18.5. The molecular formula is C20H22N4OS. The summed E-state index contributed by atoms with van der Waals surface area (Å²) in [5.41, 5.74) is 3.94. The standard InChI is InChI=1S/C20H22N4OS/c1-15-13-18(25-2)7-8-19(15)22-20(26)24-11-9-23(10-12-24)17-5-3-16(14-21)4-6-17/h3-8,13H,9-12H2,1-2H3,(H,22,26). The third-order valence-electron chi connectivity index (χ3n) is 4.60. The smallest absolute Gasteiger partial charge is 0.173 e. The minimum absolute atomic E-state index is 0.688. The number of ether oxygens (including phenoxy) is 1. The number of rotatable bonds is 3. The van der Waals surface area contributed by atoms with Crippen molar-refractivity contribution in [1.82, 2.24) is 4.90 Å². The Hall–Kier alpha value is -2.78. The first kappa shape index (κ1) is 18.0. The van der Waals surface area contributed by atoms with Crippen LogP contribution in [0.15, 0.2) is 42.5 Å². The maximum absolute atomic E-state index is 8.91.